The highest BCUT2D eigenvalue weighted by Gasteiger charge is 2.08. The number of hydrogen-bond donors (Lipinski definition) is 1. The Labute approximate surface area is 93.1 Å². The molecule has 0 saturated heterocycles. The molecule has 1 aliphatic rings. The van der Waals surface area contributed by atoms with Gasteiger partial charge < -0.3 is 9.62 Å². The number of carbonyl (C=O) groups is 1. The summed E-state index contributed by atoms with van der Waals surface area (Å²) in [5.41, 5.74) is 0. The van der Waals surface area contributed by atoms with E-state index in [9.17, 15) is 4.79 Å². The van der Waals surface area contributed by atoms with E-state index in [0.717, 1.165) is 11.6 Å². The molecule has 1 aliphatic heterocycles. The van der Waals surface area contributed by atoms with E-state index in [1.165, 1.54) is 23.7 Å². The summed E-state index contributed by atoms with van der Waals surface area (Å²) in [6, 6.07) is 0. The number of rotatable bonds is 4. The molecule has 0 saturated carbocycles. The van der Waals surface area contributed by atoms with Gasteiger partial charge in [0.1, 0.15) is 0 Å². The van der Waals surface area contributed by atoms with Crippen molar-refractivity contribution in [1.82, 2.24) is 9.62 Å². The summed E-state index contributed by atoms with van der Waals surface area (Å²) in [7, 11) is 3.93. The van der Waals surface area contributed by atoms with Crippen molar-refractivity contribution in [3.8, 4) is 0 Å². The van der Waals surface area contributed by atoms with Crippen LogP contribution in [0.2, 0.25) is 0 Å². The number of allylic oxidation sites excluding steroid dienone is 2. The zero-order chi connectivity index (χ0) is 10.4. The van der Waals surface area contributed by atoms with E-state index in [4.69, 9.17) is 0 Å². The molecule has 0 aromatic carbocycles. The van der Waals surface area contributed by atoms with Crippen LogP contribution in [-0.4, -0.2) is 30.7 Å². The molecule has 0 atom stereocenters. The van der Waals surface area contributed by atoms with E-state index in [1.807, 2.05) is 36.6 Å². The molecule has 1 heterocycles. The molecular weight excluding hydrogens is 216 g/mol. The van der Waals surface area contributed by atoms with Crippen LogP contribution >= 0.6 is 23.7 Å². The quantitative estimate of drug-likeness (QED) is 0.745. The Bertz CT molecular complexity index is 262. The summed E-state index contributed by atoms with van der Waals surface area (Å²) >= 11 is 2.76. The monoisotopic (exact) mass is 230 g/mol. The number of nitrogens with one attached hydrogen (secondary N) is 1. The lowest BCUT2D eigenvalue weighted by molar-refractivity contribution is -0.111. The Hall–Kier alpha value is -0.390. The van der Waals surface area contributed by atoms with Crippen molar-refractivity contribution in [3.05, 3.63) is 22.6 Å². The molecule has 1 rings (SSSR count). The van der Waals surface area contributed by atoms with Crippen LogP contribution in [0.15, 0.2) is 22.6 Å². The van der Waals surface area contributed by atoms with Gasteiger partial charge in [-0.05, 0) is 49.3 Å². The second kappa shape index (κ2) is 6.16. The van der Waals surface area contributed by atoms with E-state index >= 15 is 0 Å². The molecule has 0 bridgehead atoms. The van der Waals surface area contributed by atoms with Crippen LogP contribution in [0.5, 0.6) is 0 Å². The first-order valence-corrected chi connectivity index (χ1v) is 6.02. The maximum atomic E-state index is 11.4. The van der Waals surface area contributed by atoms with Crippen LogP contribution in [0.4, 0.5) is 0 Å². The SMILES string of the molecule is CN(C)CCC(=O)SC1=CC=CSN1. The van der Waals surface area contributed by atoms with Crippen molar-refractivity contribution < 1.29 is 4.79 Å². The van der Waals surface area contributed by atoms with Crippen LogP contribution in [0.25, 0.3) is 0 Å². The predicted molar refractivity (Wildman–Crippen MR) is 63.7 cm³/mol. The molecule has 0 radical (unpaired) electrons. The molecule has 3 nitrogen and oxygen atoms in total. The minimum absolute atomic E-state index is 0.202. The summed E-state index contributed by atoms with van der Waals surface area (Å²) in [6.07, 6.45) is 4.43. The molecule has 14 heavy (non-hydrogen) atoms. The average molecular weight is 230 g/mol. The molecule has 0 aromatic heterocycles. The van der Waals surface area contributed by atoms with Crippen molar-refractivity contribution >= 4 is 28.8 Å². The first-order chi connectivity index (χ1) is 6.68. The van der Waals surface area contributed by atoms with Crippen molar-refractivity contribution in [3.63, 3.8) is 0 Å². The third kappa shape index (κ3) is 4.74. The second-order valence-corrected chi connectivity index (χ2v) is 4.92. The van der Waals surface area contributed by atoms with Crippen LogP contribution in [0, 0.1) is 0 Å². The third-order valence-corrected chi connectivity index (χ3v) is 3.19. The molecule has 0 spiro atoms. The average Bonchev–Trinajstić information content (AvgIpc) is 2.16. The highest BCUT2D eigenvalue weighted by Crippen LogP contribution is 2.21. The predicted octanol–water partition coefficient (Wildman–Crippen LogP) is 1.80. The Balaban J connectivity index is 2.26. The molecule has 0 amide bonds. The lowest BCUT2D eigenvalue weighted by Gasteiger charge is -2.11. The fourth-order valence-corrected chi connectivity index (χ4v) is 2.14. The number of thioether (sulfide) groups is 1. The molecule has 0 aromatic rings. The number of carbonyl (C=O) groups excluding carboxylic acids is 1. The molecular formula is C9H14N2OS2. The normalized spacial score (nSPS) is 15.2. The van der Waals surface area contributed by atoms with Gasteiger partial charge in [-0.15, -0.1) is 0 Å². The Morgan fingerprint density at radius 2 is 2.43 bits per heavy atom. The molecule has 0 fully saturated rings. The highest BCUT2D eigenvalue weighted by atomic mass is 32.2. The topological polar surface area (TPSA) is 32.3 Å². The third-order valence-electron chi connectivity index (χ3n) is 1.54. The zero-order valence-electron chi connectivity index (χ0n) is 8.32. The largest absolute Gasteiger partial charge is 0.320 e. The van der Waals surface area contributed by atoms with Gasteiger partial charge >= 0.3 is 0 Å². The van der Waals surface area contributed by atoms with E-state index < -0.39 is 0 Å². The lowest BCUT2D eigenvalue weighted by Crippen LogP contribution is -2.16. The van der Waals surface area contributed by atoms with Crippen molar-refractivity contribution in [2.75, 3.05) is 20.6 Å². The standard InChI is InChI=1S/C9H14N2OS2/c1-11(2)6-5-9(12)14-8-4-3-7-13-10-8/h3-4,7,10H,5-6H2,1-2H3. The molecule has 5 heteroatoms. The summed E-state index contributed by atoms with van der Waals surface area (Å²) < 4.78 is 3.06. The first-order valence-electron chi connectivity index (χ1n) is 4.32. The van der Waals surface area contributed by atoms with Gasteiger partial charge in [0.2, 0.25) is 0 Å². The van der Waals surface area contributed by atoms with Gasteiger partial charge in [0.05, 0.1) is 5.03 Å². The van der Waals surface area contributed by atoms with Gasteiger partial charge in [-0.25, -0.2) is 0 Å². The summed E-state index contributed by atoms with van der Waals surface area (Å²) in [5, 5.41) is 3.06. The second-order valence-electron chi connectivity index (χ2n) is 3.11. The molecule has 0 unspecified atom stereocenters. The lowest BCUT2D eigenvalue weighted by atomic mass is 10.4. The maximum absolute atomic E-state index is 11.4. The van der Waals surface area contributed by atoms with E-state index in [0.29, 0.717) is 6.42 Å². The Morgan fingerprint density at radius 1 is 1.64 bits per heavy atom. The van der Waals surface area contributed by atoms with Gasteiger partial charge in [0, 0.05) is 13.0 Å². The van der Waals surface area contributed by atoms with Crippen LogP contribution < -0.4 is 4.72 Å². The first kappa shape index (κ1) is 11.7. The van der Waals surface area contributed by atoms with Gasteiger partial charge in [-0.3, -0.25) is 4.79 Å². The van der Waals surface area contributed by atoms with Crippen molar-refractivity contribution in [1.29, 1.82) is 0 Å². The summed E-state index contributed by atoms with van der Waals surface area (Å²) in [5.74, 6) is 0. The van der Waals surface area contributed by atoms with Gasteiger partial charge in [-0.2, -0.15) is 0 Å². The molecule has 78 valence electrons. The highest BCUT2D eigenvalue weighted by molar-refractivity contribution is 8.17. The number of hydrogen-bond acceptors (Lipinski definition) is 5. The minimum Gasteiger partial charge on any atom is -0.320 e. The fourth-order valence-electron chi connectivity index (χ4n) is 0.836. The maximum Gasteiger partial charge on any atom is 0.196 e. The Kier molecular flexibility index (Phi) is 5.14. The van der Waals surface area contributed by atoms with Crippen molar-refractivity contribution in [2.45, 2.75) is 6.42 Å². The molecule has 0 aliphatic carbocycles. The van der Waals surface area contributed by atoms with Crippen LogP contribution in [0.3, 0.4) is 0 Å². The fraction of sp³-hybridized carbons (Fsp3) is 0.444. The summed E-state index contributed by atoms with van der Waals surface area (Å²) in [4.78, 5) is 13.4. The minimum atomic E-state index is 0.202. The Morgan fingerprint density at radius 3 is 3.00 bits per heavy atom. The van der Waals surface area contributed by atoms with E-state index in [-0.39, 0.29) is 5.12 Å². The van der Waals surface area contributed by atoms with Crippen LogP contribution in [-0.2, 0) is 4.79 Å². The summed E-state index contributed by atoms with van der Waals surface area (Å²) in [6.45, 7) is 0.808. The van der Waals surface area contributed by atoms with Crippen LogP contribution in [0.1, 0.15) is 6.42 Å². The number of nitrogens with zero attached hydrogens (tertiary/aromatic N) is 1. The van der Waals surface area contributed by atoms with E-state index in [2.05, 4.69) is 4.72 Å². The smallest absolute Gasteiger partial charge is 0.196 e. The van der Waals surface area contributed by atoms with Gasteiger partial charge in [0.25, 0.3) is 0 Å². The van der Waals surface area contributed by atoms with Gasteiger partial charge in [-0.1, -0.05) is 6.08 Å². The van der Waals surface area contributed by atoms with E-state index in [1.54, 1.807) is 0 Å². The van der Waals surface area contributed by atoms with Crippen molar-refractivity contribution in [2.24, 2.45) is 0 Å². The van der Waals surface area contributed by atoms with Gasteiger partial charge in [0.15, 0.2) is 5.12 Å². The molecule has 1 N–H and O–H groups in total. The zero-order valence-corrected chi connectivity index (χ0v) is 9.95.